The van der Waals surface area contributed by atoms with Crippen molar-refractivity contribution in [3.63, 3.8) is 0 Å². The monoisotopic (exact) mass is 563 g/mol. The lowest BCUT2D eigenvalue weighted by atomic mass is 9.93. The van der Waals surface area contributed by atoms with Crippen molar-refractivity contribution in [1.29, 1.82) is 0 Å². The highest BCUT2D eigenvalue weighted by Gasteiger charge is 2.30. The number of nitrogens with one attached hydrogen (secondary N) is 1. The highest BCUT2D eigenvalue weighted by molar-refractivity contribution is 6.43. The van der Waals surface area contributed by atoms with Crippen LogP contribution in [-0.4, -0.2) is 53.1 Å². The van der Waals surface area contributed by atoms with Gasteiger partial charge in [0.15, 0.2) is 0 Å². The molecule has 0 saturated heterocycles. The van der Waals surface area contributed by atoms with E-state index in [1.165, 1.54) is 43.2 Å². The van der Waals surface area contributed by atoms with Gasteiger partial charge in [-0.25, -0.2) is 20.0 Å². The topological polar surface area (TPSA) is 117 Å². The van der Waals surface area contributed by atoms with Crippen molar-refractivity contribution < 1.29 is 23.5 Å². The number of halogens is 1. The summed E-state index contributed by atoms with van der Waals surface area (Å²) < 4.78 is 19.4. The van der Waals surface area contributed by atoms with Crippen LogP contribution in [0.4, 0.5) is 4.39 Å². The van der Waals surface area contributed by atoms with Gasteiger partial charge >= 0.3 is 5.97 Å². The smallest absolute Gasteiger partial charge is 0.328 e. The molecule has 0 fully saturated rings. The van der Waals surface area contributed by atoms with Crippen molar-refractivity contribution in [3.8, 4) is 0 Å². The molecule has 218 valence electrons. The highest BCUT2D eigenvalue weighted by Crippen LogP contribution is 2.29. The predicted molar refractivity (Wildman–Crippen MR) is 156 cm³/mol. The maximum Gasteiger partial charge on any atom is 0.328 e. The second-order valence-electron chi connectivity index (χ2n) is 9.84. The summed E-state index contributed by atoms with van der Waals surface area (Å²) >= 11 is 0. The fraction of sp³-hybridized carbons (Fsp3) is 0.355. The number of carbonyl (C=O) groups is 3. The average Bonchev–Trinajstić information content (AvgIpc) is 2.97. The van der Waals surface area contributed by atoms with Gasteiger partial charge in [0.1, 0.15) is 23.4 Å². The van der Waals surface area contributed by atoms with Gasteiger partial charge in [0.05, 0.1) is 13.2 Å². The van der Waals surface area contributed by atoms with Crippen LogP contribution in [0.5, 0.6) is 0 Å². The van der Waals surface area contributed by atoms with Crippen LogP contribution >= 0.6 is 0 Å². The van der Waals surface area contributed by atoms with E-state index in [-0.39, 0.29) is 29.6 Å². The number of hydrogen-bond donors (Lipinski definition) is 2. The summed E-state index contributed by atoms with van der Waals surface area (Å²) in [6, 6.07) is 11.2. The first-order chi connectivity index (χ1) is 19.6. The van der Waals surface area contributed by atoms with Gasteiger partial charge in [-0.15, -0.1) is 0 Å². The van der Waals surface area contributed by atoms with Crippen LogP contribution in [0.2, 0.25) is 0 Å². The third-order valence-corrected chi connectivity index (χ3v) is 6.69. The van der Waals surface area contributed by atoms with Crippen molar-refractivity contribution in [2.45, 2.75) is 59.0 Å². The molecular weight excluding hydrogens is 525 g/mol. The second kappa shape index (κ2) is 14.4. The van der Waals surface area contributed by atoms with Crippen molar-refractivity contribution in [3.05, 3.63) is 94.7 Å². The zero-order chi connectivity index (χ0) is 30.1. The lowest BCUT2D eigenvalue weighted by Gasteiger charge is -2.35. The van der Waals surface area contributed by atoms with E-state index in [0.29, 0.717) is 17.9 Å². The summed E-state index contributed by atoms with van der Waals surface area (Å²) in [5.74, 6) is 4.31. The van der Waals surface area contributed by atoms with E-state index in [9.17, 15) is 18.8 Å². The van der Waals surface area contributed by atoms with Crippen LogP contribution in [0, 0.1) is 5.82 Å². The van der Waals surface area contributed by atoms with E-state index in [4.69, 9.17) is 5.84 Å². The number of carbonyl (C=O) groups excluding carboxylic acids is 3. The fourth-order valence-corrected chi connectivity index (χ4v) is 4.48. The first-order valence-electron chi connectivity index (χ1n) is 13.7. The molecule has 2 amide bonds. The van der Waals surface area contributed by atoms with E-state index >= 15 is 0 Å². The lowest BCUT2D eigenvalue weighted by molar-refractivity contribution is -0.142. The number of allylic oxidation sites excluding steroid dienone is 1. The Morgan fingerprint density at radius 3 is 2.61 bits per heavy atom. The molecule has 0 spiro atoms. The molecule has 0 aromatic heterocycles. The molecule has 0 radical (unpaired) electrons. The molecule has 4 rings (SSSR count). The van der Waals surface area contributed by atoms with Gasteiger partial charge < -0.3 is 15.0 Å². The van der Waals surface area contributed by atoms with Crippen LogP contribution in [0.25, 0.3) is 0 Å². The minimum Gasteiger partial charge on any atom is -0.467 e. The standard InChI is InChI=1S/C28H30FN5O4.C3H8/c1-17(28(37)38-3)31-26(35)21-9-8-20(23(29)16-21)10-11-25-32-24(13-15-34(25)30)27(36)33-14-12-19-6-4-5-7-22(19)18(33)2;1-3-2/h4-9,11,13,15-18H,10,12,14,30H2,1-3H3,(H,31,35);3H2,1-2H3/b25-11-;. The van der Waals surface area contributed by atoms with Gasteiger partial charge in [0.25, 0.3) is 11.8 Å². The molecule has 2 heterocycles. The molecule has 10 heteroatoms. The number of ether oxygens (including phenoxy) is 1. The number of nitrogens with two attached hydrogens (primary N) is 1. The predicted octanol–water partition coefficient (Wildman–Crippen LogP) is 4.21. The van der Waals surface area contributed by atoms with Gasteiger partial charge in [-0.1, -0.05) is 50.6 Å². The Balaban J connectivity index is 0.00000147. The summed E-state index contributed by atoms with van der Waals surface area (Å²) in [5, 5.41) is 3.72. The van der Waals surface area contributed by atoms with Crippen molar-refractivity contribution in [2.75, 3.05) is 13.7 Å². The number of fused-ring (bicyclic) bond motifs is 1. The van der Waals surface area contributed by atoms with Gasteiger partial charge in [-0.05, 0) is 67.7 Å². The van der Waals surface area contributed by atoms with Gasteiger partial charge in [0.2, 0.25) is 0 Å². The fourth-order valence-electron chi connectivity index (χ4n) is 4.48. The first-order valence-corrected chi connectivity index (χ1v) is 13.7. The average molecular weight is 564 g/mol. The third kappa shape index (κ3) is 7.67. The number of aliphatic imine (C=N–C) groups is 1. The Hall–Kier alpha value is -4.31. The van der Waals surface area contributed by atoms with E-state index in [1.54, 1.807) is 23.3 Å². The third-order valence-electron chi connectivity index (χ3n) is 6.69. The first kappa shape index (κ1) is 31.2. The van der Waals surface area contributed by atoms with Crippen LogP contribution in [-0.2, 0) is 27.2 Å². The molecule has 3 N–H and O–H groups in total. The molecule has 0 saturated carbocycles. The molecule has 9 nitrogen and oxygen atoms in total. The Morgan fingerprint density at radius 1 is 1.22 bits per heavy atom. The molecule has 2 aliphatic heterocycles. The largest absolute Gasteiger partial charge is 0.467 e. The Morgan fingerprint density at radius 2 is 1.93 bits per heavy atom. The van der Waals surface area contributed by atoms with Crippen LogP contribution < -0.4 is 11.2 Å². The zero-order valence-electron chi connectivity index (χ0n) is 24.2. The summed E-state index contributed by atoms with van der Waals surface area (Å²) in [6.45, 7) is 8.30. The lowest BCUT2D eigenvalue weighted by Crippen LogP contribution is -2.43. The van der Waals surface area contributed by atoms with E-state index in [2.05, 4.69) is 35.0 Å². The maximum atomic E-state index is 14.8. The number of amides is 2. The maximum absolute atomic E-state index is 14.8. The number of hydrogen-bond acceptors (Lipinski definition) is 7. The number of methoxy groups -OCH3 is 1. The molecule has 2 atom stereocenters. The minimum atomic E-state index is -0.868. The highest BCUT2D eigenvalue weighted by atomic mass is 19.1. The van der Waals surface area contributed by atoms with Crippen molar-refractivity contribution in [1.82, 2.24) is 15.2 Å². The van der Waals surface area contributed by atoms with Gasteiger partial charge in [-0.2, -0.15) is 0 Å². The van der Waals surface area contributed by atoms with Crippen LogP contribution in [0.15, 0.2) is 71.6 Å². The molecule has 2 aliphatic rings. The summed E-state index contributed by atoms with van der Waals surface area (Å²) in [5.41, 5.74) is 2.98. The molecule has 2 unspecified atom stereocenters. The molecule has 0 bridgehead atoms. The zero-order valence-corrected chi connectivity index (χ0v) is 24.2. The Bertz CT molecular complexity index is 1370. The quantitative estimate of drug-likeness (QED) is 0.402. The Kier molecular flexibility index (Phi) is 10.9. The summed E-state index contributed by atoms with van der Waals surface area (Å²) in [4.78, 5) is 43.4. The number of esters is 1. The normalized spacial score (nSPS) is 17.6. The van der Waals surface area contributed by atoms with E-state index in [1.807, 2.05) is 25.1 Å². The Labute approximate surface area is 240 Å². The van der Waals surface area contributed by atoms with Crippen molar-refractivity contribution in [2.24, 2.45) is 10.8 Å². The molecule has 2 aromatic rings. The molecule has 41 heavy (non-hydrogen) atoms. The van der Waals surface area contributed by atoms with Crippen LogP contribution in [0.1, 0.15) is 67.2 Å². The number of nitrogens with zero attached hydrogens (tertiary/aromatic N) is 3. The van der Waals surface area contributed by atoms with E-state index < -0.39 is 23.7 Å². The molecule has 0 aliphatic carbocycles. The summed E-state index contributed by atoms with van der Waals surface area (Å²) in [6.07, 6.45) is 6.87. The number of hydrazine groups is 1. The number of rotatable bonds is 6. The minimum absolute atomic E-state index is 0.0684. The second-order valence-corrected chi connectivity index (χ2v) is 9.84. The van der Waals surface area contributed by atoms with Gasteiger partial charge in [0, 0.05) is 18.3 Å². The molecular formula is C31H38FN5O4. The number of benzene rings is 2. The van der Waals surface area contributed by atoms with Gasteiger partial charge in [-0.3, -0.25) is 14.6 Å². The van der Waals surface area contributed by atoms with Crippen molar-refractivity contribution >= 4 is 23.5 Å². The molecule has 2 aromatic carbocycles. The van der Waals surface area contributed by atoms with E-state index in [0.717, 1.165) is 18.1 Å². The SMILES string of the molecule is CCC.COC(=O)C(C)NC(=O)c1ccc(C/C=C2/N=C(C(=O)N3CCc4ccccc4C3C)C=CN2N)c(F)c1. The summed E-state index contributed by atoms with van der Waals surface area (Å²) in [7, 11) is 1.22. The van der Waals surface area contributed by atoms with Crippen LogP contribution in [0.3, 0.4) is 0 Å².